The van der Waals surface area contributed by atoms with Gasteiger partial charge in [0.2, 0.25) is 17.6 Å². The summed E-state index contributed by atoms with van der Waals surface area (Å²) in [5, 5.41) is 7.00. The van der Waals surface area contributed by atoms with Gasteiger partial charge in [-0.05, 0) is 29.3 Å². The molecule has 2 aromatic heterocycles. The third-order valence-corrected chi connectivity index (χ3v) is 6.13. The Balaban J connectivity index is 1.18. The number of carbonyl (C=O) groups is 2. The standard InChI is InChI=1S/C27H25N5O3/c33-24(10-11-25-30-26(31-35-25)20-12-14-28-15-13-20)29-16-22(19-6-2-1-3-7-19)18-32-17-21-8-4-5-9-23(21)27(32)34/h1-9,12-15,22H,10-11,16-18H2,(H,29,33). The first-order valence-electron chi connectivity index (χ1n) is 11.6. The third-order valence-electron chi connectivity index (χ3n) is 6.13. The molecular formula is C27H25N5O3. The Morgan fingerprint density at radius 3 is 2.60 bits per heavy atom. The van der Waals surface area contributed by atoms with Gasteiger partial charge < -0.3 is 14.7 Å². The maximum Gasteiger partial charge on any atom is 0.254 e. The number of pyridine rings is 1. The van der Waals surface area contributed by atoms with Gasteiger partial charge >= 0.3 is 0 Å². The predicted molar refractivity (Wildman–Crippen MR) is 129 cm³/mol. The molecule has 3 heterocycles. The Morgan fingerprint density at radius 2 is 1.80 bits per heavy atom. The molecule has 1 aliphatic rings. The van der Waals surface area contributed by atoms with Crippen LogP contribution in [0, 0.1) is 0 Å². The van der Waals surface area contributed by atoms with Crippen molar-refractivity contribution in [3.05, 3.63) is 102 Å². The van der Waals surface area contributed by atoms with Gasteiger partial charge in [-0.3, -0.25) is 14.6 Å². The molecule has 35 heavy (non-hydrogen) atoms. The summed E-state index contributed by atoms with van der Waals surface area (Å²) in [6.45, 7) is 1.54. The van der Waals surface area contributed by atoms with E-state index in [9.17, 15) is 9.59 Å². The molecule has 2 aromatic carbocycles. The van der Waals surface area contributed by atoms with Crippen LogP contribution in [0.3, 0.4) is 0 Å². The summed E-state index contributed by atoms with van der Waals surface area (Å²) < 4.78 is 5.29. The van der Waals surface area contributed by atoms with E-state index >= 15 is 0 Å². The molecule has 0 bridgehead atoms. The molecule has 1 aliphatic heterocycles. The van der Waals surface area contributed by atoms with Crippen molar-refractivity contribution in [2.45, 2.75) is 25.3 Å². The highest BCUT2D eigenvalue weighted by Gasteiger charge is 2.29. The molecule has 0 radical (unpaired) electrons. The number of nitrogens with zero attached hydrogens (tertiary/aromatic N) is 4. The molecule has 1 N–H and O–H groups in total. The second kappa shape index (κ2) is 10.3. The minimum absolute atomic E-state index is 0.0277. The van der Waals surface area contributed by atoms with E-state index in [-0.39, 0.29) is 24.2 Å². The normalized spacial score (nSPS) is 13.5. The lowest BCUT2D eigenvalue weighted by atomic mass is 9.98. The van der Waals surface area contributed by atoms with Gasteiger partial charge in [-0.25, -0.2) is 0 Å². The van der Waals surface area contributed by atoms with E-state index in [0.717, 1.165) is 22.3 Å². The molecule has 0 aliphatic carbocycles. The topological polar surface area (TPSA) is 101 Å². The minimum atomic E-state index is -0.106. The first kappa shape index (κ1) is 22.5. The molecule has 0 fully saturated rings. The monoisotopic (exact) mass is 467 g/mol. The van der Waals surface area contributed by atoms with E-state index in [1.807, 2.05) is 59.5 Å². The van der Waals surface area contributed by atoms with Crippen LogP contribution < -0.4 is 5.32 Å². The number of aryl methyl sites for hydroxylation is 1. The van der Waals surface area contributed by atoms with Crippen molar-refractivity contribution in [2.24, 2.45) is 0 Å². The second-order valence-corrected chi connectivity index (χ2v) is 8.50. The van der Waals surface area contributed by atoms with Crippen molar-refractivity contribution in [3.8, 4) is 11.4 Å². The zero-order chi connectivity index (χ0) is 24.0. The largest absolute Gasteiger partial charge is 0.355 e. The molecule has 4 aromatic rings. The van der Waals surface area contributed by atoms with Crippen molar-refractivity contribution in [1.82, 2.24) is 25.3 Å². The summed E-state index contributed by atoms with van der Waals surface area (Å²) in [7, 11) is 0. The Labute approximate surface area is 203 Å². The average molecular weight is 468 g/mol. The molecule has 0 saturated carbocycles. The summed E-state index contributed by atoms with van der Waals surface area (Å²) in [6, 6.07) is 21.3. The molecule has 0 spiro atoms. The Bertz CT molecular complexity index is 1310. The third kappa shape index (κ3) is 5.27. The number of rotatable bonds is 9. The molecule has 176 valence electrons. The molecule has 8 nitrogen and oxygen atoms in total. The van der Waals surface area contributed by atoms with Gasteiger partial charge in [0.05, 0.1) is 0 Å². The van der Waals surface area contributed by atoms with Crippen molar-refractivity contribution >= 4 is 11.8 Å². The number of fused-ring (bicyclic) bond motifs is 1. The number of aromatic nitrogens is 3. The fourth-order valence-electron chi connectivity index (χ4n) is 4.26. The Kier molecular flexibility index (Phi) is 6.61. The van der Waals surface area contributed by atoms with Crippen LogP contribution in [0.2, 0.25) is 0 Å². The van der Waals surface area contributed by atoms with Crippen LogP contribution in [0.25, 0.3) is 11.4 Å². The zero-order valence-electron chi connectivity index (χ0n) is 19.1. The van der Waals surface area contributed by atoms with Crippen molar-refractivity contribution in [3.63, 3.8) is 0 Å². The molecule has 8 heteroatoms. The van der Waals surface area contributed by atoms with Gasteiger partial charge in [-0.1, -0.05) is 53.7 Å². The highest BCUT2D eigenvalue weighted by Crippen LogP contribution is 2.26. The maximum atomic E-state index is 12.9. The fraction of sp³-hybridized carbons (Fsp3) is 0.222. The van der Waals surface area contributed by atoms with Crippen LogP contribution in [0.1, 0.15) is 39.7 Å². The fourth-order valence-corrected chi connectivity index (χ4v) is 4.26. The van der Waals surface area contributed by atoms with Crippen LogP contribution in [-0.4, -0.2) is 44.9 Å². The summed E-state index contributed by atoms with van der Waals surface area (Å²) in [6.07, 6.45) is 3.90. The molecule has 1 atom stereocenters. The number of nitrogens with one attached hydrogen (secondary N) is 1. The number of benzene rings is 2. The lowest BCUT2D eigenvalue weighted by molar-refractivity contribution is -0.121. The summed E-state index contributed by atoms with van der Waals surface area (Å²) >= 11 is 0. The van der Waals surface area contributed by atoms with Gasteiger partial charge in [-0.15, -0.1) is 0 Å². The highest BCUT2D eigenvalue weighted by atomic mass is 16.5. The van der Waals surface area contributed by atoms with Crippen LogP contribution in [-0.2, 0) is 17.8 Å². The van der Waals surface area contributed by atoms with Gasteiger partial charge in [0.1, 0.15) is 0 Å². The maximum absolute atomic E-state index is 12.9. The molecular weight excluding hydrogens is 442 g/mol. The van der Waals surface area contributed by atoms with E-state index < -0.39 is 0 Å². The van der Waals surface area contributed by atoms with E-state index in [1.54, 1.807) is 24.5 Å². The summed E-state index contributed by atoms with van der Waals surface area (Å²) in [5.41, 5.74) is 3.69. The molecule has 0 saturated heterocycles. The smallest absolute Gasteiger partial charge is 0.254 e. The first-order chi connectivity index (χ1) is 17.2. The summed E-state index contributed by atoms with van der Waals surface area (Å²) in [5.74, 6) is 0.787. The van der Waals surface area contributed by atoms with E-state index in [1.165, 1.54) is 0 Å². The molecule has 1 unspecified atom stereocenters. The Hall–Kier alpha value is -4.33. The number of hydrogen-bond donors (Lipinski definition) is 1. The van der Waals surface area contributed by atoms with Gasteiger partial charge in [0, 0.05) is 61.9 Å². The van der Waals surface area contributed by atoms with E-state index in [2.05, 4.69) is 20.4 Å². The summed E-state index contributed by atoms with van der Waals surface area (Å²) in [4.78, 5) is 35.7. The van der Waals surface area contributed by atoms with Gasteiger partial charge in [-0.2, -0.15) is 4.98 Å². The SMILES string of the molecule is O=C(CCc1nc(-c2ccncc2)no1)NCC(CN1Cc2ccccc2C1=O)c1ccccc1. The van der Waals surface area contributed by atoms with Crippen LogP contribution in [0.4, 0.5) is 0 Å². The van der Waals surface area contributed by atoms with Crippen molar-refractivity contribution in [1.29, 1.82) is 0 Å². The van der Waals surface area contributed by atoms with Gasteiger partial charge in [0.15, 0.2) is 0 Å². The molecule has 2 amide bonds. The van der Waals surface area contributed by atoms with Crippen LogP contribution in [0.5, 0.6) is 0 Å². The first-order valence-corrected chi connectivity index (χ1v) is 11.6. The number of carbonyl (C=O) groups excluding carboxylic acids is 2. The molecule has 5 rings (SSSR count). The average Bonchev–Trinajstić information content (AvgIpc) is 3.51. The van der Waals surface area contributed by atoms with Crippen LogP contribution >= 0.6 is 0 Å². The quantitative estimate of drug-likeness (QED) is 0.404. The van der Waals surface area contributed by atoms with Crippen molar-refractivity contribution < 1.29 is 14.1 Å². The second-order valence-electron chi connectivity index (χ2n) is 8.50. The predicted octanol–water partition coefficient (Wildman–Crippen LogP) is 3.62. The van der Waals surface area contributed by atoms with E-state index in [4.69, 9.17) is 4.52 Å². The number of amides is 2. The number of hydrogen-bond acceptors (Lipinski definition) is 6. The lowest BCUT2D eigenvalue weighted by Gasteiger charge is -2.24. The van der Waals surface area contributed by atoms with Crippen LogP contribution in [0.15, 0.2) is 83.6 Å². The van der Waals surface area contributed by atoms with Crippen molar-refractivity contribution in [2.75, 3.05) is 13.1 Å². The highest BCUT2D eigenvalue weighted by molar-refractivity contribution is 5.98. The lowest BCUT2D eigenvalue weighted by Crippen LogP contribution is -2.36. The van der Waals surface area contributed by atoms with Gasteiger partial charge in [0.25, 0.3) is 5.91 Å². The Morgan fingerprint density at radius 1 is 1.03 bits per heavy atom. The zero-order valence-corrected chi connectivity index (χ0v) is 19.1. The van der Waals surface area contributed by atoms with E-state index in [0.29, 0.717) is 37.8 Å². The minimum Gasteiger partial charge on any atom is -0.355 e.